The maximum Gasteiger partial charge on any atom is 0.422 e. The van der Waals surface area contributed by atoms with Crippen LogP contribution in [0.1, 0.15) is 16.8 Å². The quantitative estimate of drug-likeness (QED) is 0.241. The molecule has 0 aliphatic heterocycles. The smallest absolute Gasteiger partial charge is 0.422 e. The highest BCUT2D eigenvalue weighted by atomic mass is 35.5. The van der Waals surface area contributed by atoms with Crippen LogP contribution in [-0.2, 0) is 32.3 Å². The van der Waals surface area contributed by atoms with Crippen molar-refractivity contribution in [2.24, 2.45) is 0 Å². The van der Waals surface area contributed by atoms with Gasteiger partial charge in [0.15, 0.2) is 0 Å². The Morgan fingerprint density at radius 2 is 1.93 bits per heavy atom. The zero-order valence-electron chi connectivity index (χ0n) is 22.1. The molecule has 3 aromatic rings. The lowest BCUT2D eigenvalue weighted by Crippen LogP contribution is -2.41. The van der Waals surface area contributed by atoms with E-state index in [0.29, 0.717) is 42.3 Å². The highest BCUT2D eigenvalue weighted by molar-refractivity contribution is 7.88. The number of carbonyl (C=O) groups excluding carboxylic acids is 1. The summed E-state index contributed by atoms with van der Waals surface area (Å²) in [5.74, 6) is 0.183. The van der Waals surface area contributed by atoms with Crippen molar-refractivity contribution < 1.29 is 45.3 Å². The van der Waals surface area contributed by atoms with E-state index in [2.05, 4.69) is 14.7 Å². The summed E-state index contributed by atoms with van der Waals surface area (Å²) in [6.07, 6.45) is -0.524. The van der Waals surface area contributed by atoms with Gasteiger partial charge in [-0.1, -0.05) is 23.7 Å². The second-order valence-corrected chi connectivity index (χ2v) is 10.1. The Hall–Kier alpha value is -3.92. The van der Waals surface area contributed by atoms with Crippen molar-refractivity contribution in [1.82, 2.24) is 19.4 Å². The molecule has 1 amide bonds. The minimum atomic E-state index is -4.64. The van der Waals surface area contributed by atoms with Crippen molar-refractivity contribution in [2.75, 3.05) is 33.5 Å². The summed E-state index contributed by atoms with van der Waals surface area (Å²) in [5.41, 5.74) is 0.0133. The molecule has 0 spiro atoms. The molecule has 2 aromatic heterocycles. The Kier molecular flexibility index (Phi) is 11.9. The van der Waals surface area contributed by atoms with E-state index in [0.717, 1.165) is 0 Å². The van der Waals surface area contributed by atoms with Crippen molar-refractivity contribution in [3.63, 3.8) is 0 Å². The van der Waals surface area contributed by atoms with Crippen LogP contribution in [0.2, 0.25) is 5.02 Å². The summed E-state index contributed by atoms with van der Waals surface area (Å²) in [7, 11) is -2.67. The molecule has 226 valence electrons. The molecule has 3 rings (SSSR count). The second-order valence-electron chi connectivity index (χ2n) is 8.22. The minimum Gasteiger partial charge on any atom is -0.491 e. The fourth-order valence-corrected chi connectivity index (χ4v) is 4.09. The Balaban J connectivity index is 1.62. The summed E-state index contributed by atoms with van der Waals surface area (Å²) >= 11 is 5.98. The lowest BCUT2D eigenvalue weighted by Gasteiger charge is -2.13. The largest absolute Gasteiger partial charge is 0.491 e. The number of carbonyl (C=O) groups is 1. The lowest BCUT2D eigenvalue weighted by molar-refractivity contribution is -0.137. The number of hydrogen-bond donors (Lipinski definition) is 2. The molecule has 2 heterocycles. The van der Waals surface area contributed by atoms with E-state index in [1.807, 2.05) is 0 Å². The number of amides is 1. The van der Waals surface area contributed by atoms with Crippen molar-refractivity contribution in [3.8, 4) is 17.4 Å². The van der Waals surface area contributed by atoms with Crippen LogP contribution in [0, 0.1) is 0 Å². The fourth-order valence-electron chi connectivity index (χ4n) is 3.17. The van der Waals surface area contributed by atoms with Gasteiger partial charge in [0.05, 0.1) is 12.2 Å². The molecule has 2 N–H and O–H groups in total. The van der Waals surface area contributed by atoms with E-state index < -0.39 is 28.0 Å². The van der Waals surface area contributed by atoms with Gasteiger partial charge in [-0.2, -0.15) is 26.3 Å². The number of hydrogen-bond acceptors (Lipinski definition) is 9. The molecule has 42 heavy (non-hydrogen) atoms. The SMILES string of the molecule is COCCOc1ccc(C=CCOC(=O)NS(=O)(=O)NCCc2ccccn2)c(Oc2ncc(C(F)(F)F)cc2Cl)c1. The third kappa shape index (κ3) is 10.8. The molecule has 0 bridgehead atoms. The highest BCUT2D eigenvalue weighted by Crippen LogP contribution is 2.36. The van der Waals surface area contributed by atoms with Crippen LogP contribution in [0.25, 0.3) is 6.08 Å². The number of methoxy groups -OCH3 is 1. The first-order chi connectivity index (χ1) is 20.0. The van der Waals surface area contributed by atoms with Crippen LogP contribution in [-0.4, -0.2) is 58.0 Å². The van der Waals surface area contributed by atoms with Gasteiger partial charge in [0.1, 0.15) is 29.7 Å². The second kappa shape index (κ2) is 15.3. The third-order valence-corrected chi connectivity index (χ3v) is 6.40. The number of pyridine rings is 2. The van der Waals surface area contributed by atoms with Gasteiger partial charge in [-0.15, -0.1) is 0 Å². The van der Waals surface area contributed by atoms with Gasteiger partial charge in [0.2, 0.25) is 5.88 Å². The zero-order chi connectivity index (χ0) is 30.6. The van der Waals surface area contributed by atoms with Crippen molar-refractivity contribution in [3.05, 3.63) is 82.8 Å². The number of nitrogens with one attached hydrogen (secondary N) is 2. The third-order valence-electron chi connectivity index (χ3n) is 5.11. The summed E-state index contributed by atoms with van der Waals surface area (Å²) in [4.78, 5) is 19.7. The monoisotopic (exact) mass is 630 g/mol. The number of alkyl halides is 3. The van der Waals surface area contributed by atoms with Gasteiger partial charge >= 0.3 is 22.5 Å². The average molecular weight is 631 g/mol. The topological polar surface area (TPSA) is 138 Å². The number of aromatic nitrogens is 2. The Labute approximate surface area is 244 Å². The van der Waals surface area contributed by atoms with E-state index in [1.54, 1.807) is 41.3 Å². The molecular formula is C26H26ClF3N4O7S. The molecule has 0 saturated carbocycles. The van der Waals surface area contributed by atoms with E-state index in [-0.39, 0.29) is 36.4 Å². The molecule has 16 heteroatoms. The highest BCUT2D eigenvalue weighted by Gasteiger charge is 2.32. The van der Waals surface area contributed by atoms with E-state index >= 15 is 0 Å². The standard InChI is InChI=1S/C26H26ClF3N4O7S/c1-38-13-14-39-21-8-7-18(23(16-21)41-24-22(27)15-19(17-32-24)26(28,29)30)5-4-12-40-25(35)34-42(36,37)33-11-9-20-6-2-3-10-31-20/h2-8,10,15-17,33H,9,11-14H2,1H3,(H,34,35). The summed E-state index contributed by atoms with van der Waals surface area (Å²) in [6, 6.07) is 10.5. The maximum atomic E-state index is 13.0. The zero-order valence-corrected chi connectivity index (χ0v) is 23.6. The molecule has 0 saturated heterocycles. The van der Waals surface area contributed by atoms with Crippen LogP contribution >= 0.6 is 11.6 Å². The van der Waals surface area contributed by atoms with Crippen LogP contribution in [0.4, 0.5) is 18.0 Å². The van der Waals surface area contributed by atoms with E-state index in [4.69, 9.17) is 30.5 Å². The van der Waals surface area contributed by atoms with Gasteiger partial charge in [-0.3, -0.25) is 4.98 Å². The van der Waals surface area contributed by atoms with Crippen LogP contribution < -0.4 is 18.9 Å². The summed E-state index contributed by atoms with van der Waals surface area (Å²) < 4.78 is 88.1. The van der Waals surface area contributed by atoms with Gasteiger partial charge in [0, 0.05) is 49.8 Å². The first-order valence-electron chi connectivity index (χ1n) is 12.1. The van der Waals surface area contributed by atoms with Gasteiger partial charge < -0.3 is 18.9 Å². The predicted octanol–water partition coefficient (Wildman–Crippen LogP) is 4.78. The number of nitrogens with zero attached hydrogens (tertiary/aromatic N) is 2. The van der Waals surface area contributed by atoms with Crippen molar-refractivity contribution >= 4 is 34.0 Å². The van der Waals surface area contributed by atoms with Gasteiger partial charge in [-0.05, 0) is 36.4 Å². The van der Waals surface area contributed by atoms with E-state index in [9.17, 15) is 26.4 Å². The summed E-state index contributed by atoms with van der Waals surface area (Å²) in [6.45, 7) is 0.193. The van der Waals surface area contributed by atoms with Crippen molar-refractivity contribution in [2.45, 2.75) is 12.6 Å². The fraction of sp³-hybridized carbons (Fsp3) is 0.269. The molecule has 0 atom stereocenters. The molecule has 0 fully saturated rings. The predicted molar refractivity (Wildman–Crippen MR) is 147 cm³/mol. The molecule has 0 aliphatic rings. The van der Waals surface area contributed by atoms with Crippen molar-refractivity contribution in [1.29, 1.82) is 0 Å². The number of rotatable bonds is 14. The molecule has 0 radical (unpaired) electrons. The molecular weight excluding hydrogens is 605 g/mol. The summed E-state index contributed by atoms with van der Waals surface area (Å²) in [5, 5.41) is -0.375. The van der Waals surface area contributed by atoms with Crippen LogP contribution in [0.3, 0.4) is 0 Å². The Morgan fingerprint density at radius 1 is 1.12 bits per heavy atom. The first kappa shape index (κ1) is 32.6. The normalized spacial score (nSPS) is 11.8. The maximum absolute atomic E-state index is 13.0. The van der Waals surface area contributed by atoms with Crippen LogP contribution in [0.5, 0.6) is 17.4 Å². The molecule has 11 nitrogen and oxygen atoms in total. The van der Waals surface area contributed by atoms with Gasteiger partial charge in [-0.25, -0.2) is 14.5 Å². The van der Waals surface area contributed by atoms with E-state index in [1.165, 1.54) is 25.3 Å². The first-order valence-corrected chi connectivity index (χ1v) is 14.0. The Morgan fingerprint density at radius 3 is 2.62 bits per heavy atom. The minimum absolute atomic E-state index is 0.00525. The lowest BCUT2D eigenvalue weighted by atomic mass is 10.1. The number of ether oxygens (including phenoxy) is 4. The Bertz CT molecular complexity index is 1480. The molecule has 1 aromatic carbocycles. The van der Waals surface area contributed by atoms with Gasteiger partial charge in [0.25, 0.3) is 0 Å². The number of halogens is 4. The molecule has 0 unspecified atom stereocenters. The molecule has 0 aliphatic carbocycles. The number of benzene rings is 1. The average Bonchev–Trinajstić information content (AvgIpc) is 2.93. The van der Waals surface area contributed by atoms with Crippen LogP contribution in [0.15, 0.2) is 60.9 Å².